The number of alkyl carbamates (subject to hydrolysis) is 1. The van der Waals surface area contributed by atoms with E-state index in [1.165, 1.54) is 0 Å². The van der Waals surface area contributed by atoms with Gasteiger partial charge in [-0.3, -0.25) is 4.79 Å². The Hall–Kier alpha value is -2.37. The quantitative estimate of drug-likeness (QED) is 0.513. The summed E-state index contributed by atoms with van der Waals surface area (Å²) in [7, 11) is 0. The summed E-state index contributed by atoms with van der Waals surface area (Å²) in [6, 6.07) is 6.78. The molecular formula is C16H21NO5. The Bertz CT molecular complexity index is 533. The number of carbonyl (C=O) groups excluding carboxylic acids is 3. The second kappa shape index (κ2) is 7.59. The molecule has 1 atom stereocenters. The number of ether oxygens (including phenoxy) is 2. The van der Waals surface area contributed by atoms with Gasteiger partial charge < -0.3 is 14.8 Å². The Balaban J connectivity index is 2.92. The standard InChI is InChI=1S/C16H21NO5/c1-5-21-14(19)12(17-15(20)22-16(2,3)4)13(18)11-9-7-6-8-10-11/h6-10,12H,5H2,1-4H3,(H,17,20). The number of Topliss-reactive ketones (excluding diaryl/α,β-unsaturated/α-hetero) is 1. The average molecular weight is 307 g/mol. The summed E-state index contributed by atoms with van der Waals surface area (Å²) >= 11 is 0. The summed E-state index contributed by atoms with van der Waals surface area (Å²) in [6.45, 7) is 6.78. The number of esters is 1. The smallest absolute Gasteiger partial charge is 0.408 e. The molecule has 0 aromatic heterocycles. The van der Waals surface area contributed by atoms with Crippen LogP contribution in [0.1, 0.15) is 38.1 Å². The van der Waals surface area contributed by atoms with E-state index in [0.29, 0.717) is 5.56 Å². The molecule has 0 aliphatic heterocycles. The van der Waals surface area contributed by atoms with Crippen molar-refractivity contribution in [2.75, 3.05) is 6.61 Å². The number of amides is 1. The monoisotopic (exact) mass is 307 g/mol. The highest BCUT2D eigenvalue weighted by atomic mass is 16.6. The summed E-state index contributed by atoms with van der Waals surface area (Å²) in [5, 5.41) is 2.27. The summed E-state index contributed by atoms with van der Waals surface area (Å²) in [4.78, 5) is 36.2. The molecule has 0 heterocycles. The Morgan fingerprint density at radius 3 is 2.23 bits per heavy atom. The second-order valence-corrected chi connectivity index (χ2v) is 5.56. The molecule has 1 aromatic rings. The number of hydrogen-bond acceptors (Lipinski definition) is 5. The van der Waals surface area contributed by atoms with Crippen LogP contribution in [0.3, 0.4) is 0 Å². The molecule has 0 radical (unpaired) electrons. The largest absolute Gasteiger partial charge is 0.464 e. The highest BCUT2D eigenvalue weighted by Crippen LogP contribution is 2.09. The normalized spacial score (nSPS) is 12.2. The molecule has 1 rings (SSSR count). The van der Waals surface area contributed by atoms with E-state index in [9.17, 15) is 14.4 Å². The van der Waals surface area contributed by atoms with Crippen LogP contribution in [0.4, 0.5) is 4.79 Å². The Morgan fingerprint density at radius 1 is 1.14 bits per heavy atom. The summed E-state index contributed by atoms with van der Waals surface area (Å²) in [6.07, 6.45) is -0.852. The van der Waals surface area contributed by atoms with Crippen LogP contribution in [0.15, 0.2) is 30.3 Å². The van der Waals surface area contributed by atoms with Gasteiger partial charge in [-0.05, 0) is 27.7 Å². The molecule has 120 valence electrons. The highest BCUT2D eigenvalue weighted by Gasteiger charge is 2.32. The van der Waals surface area contributed by atoms with Crippen molar-refractivity contribution in [3.63, 3.8) is 0 Å². The van der Waals surface area contributed by atoms with Crippen molar-refractivity contribution >= 4 is 17.8 Å². The molecule has 0 saturated carbocycles. The summed E-state index contributed by atoms with van der Waals surface area (Å²) in [5.41, 5.74) is -0.435. The number of ketones is 1. The van der Waals surface area contributed by atoms with E-state index < -0.39 is 29.5 Å². The van der Waals surface area contributed by atoms with Gasteiger partial charge in [0.05, 0.1) is 6.61 Å². The molecule has 6 heteroatoms. The average Bonchev–Trinajstić information content (AvgIpc) is 2.43. The minimum atomic E-state index is -1.43. The molecule has 6 nitrogen and oxygen atoms in total. The van der Waals surface area contributed by atoms with Gasteiger partial charge in [-0.15, -0.1) is 0 Å². The van der Waals surface area contributed by atoms with Crippen LogP contribution < -0.4 is 5.32 Å². The number of benzene rings is 1. The first-order valence-corrected chi connectivity index (χ1v) is 7.00. The first kappa shape index (κ1) is 17.7. The summed E-state index contributed by atoms with van der Waals surface area (Å²) < 4.78 is 9.92. The molecule has 0 saturated heterocycles. The van der Waals surface area contributed by atoms with Gasteiger partial charge in [0.2, 0.25) is 0 Å². The van der Waals surface area contributed by atoms with Crippen molar-refractivity contribution in [1.29, 1.82) is 0 Å². The molecule has 1 unspecified atom stereocenters. The third kappa shape index (κ3) is 5.55. The fraction of sp³-hybridized carbons (Fsp3) is 0.438. The fourth-order valence-electron chi connectivity index (χ4n) is 1.65. The Labute approximate surface area is 129 Å². The van der Waals surface area contributed by atoms with Crippen LogP contribution in [-0.2, 0) is 14.3 Å². The zero-order chi connectivity index (χ0) is 16.8. The van der Waals surface area contributed by atoms with Crippen molar-refractivity contribution in [2.45, 2.75) is 39.3 Å². The zero-order valence-corrected chi connectivity index (χ0v) is 13.2. The van der Waals surface area contributed by atoms with Crippen molar-refractivity contribution in [3.05, 3.63) is 35.9 Å². The molecule has 1 amide bonds. The van der Waals surface area contributed by atoms with Gasteiger partial charge in [-0.2, -0.15) is 0 Å². The second-order valence-electron chi connectivity index (χ2n) is 5.56. The fourth-order valence-corrected chi connectivity index (χ4v) is 1.65. The number of rotatable bonds is 5. The van der Waals surface area contributed by atoms with Crippen LogP contribution in [-0.4, -0.2) is 36.1 Å². The number of nitrogens with one attached hydrogen (secondary N) is 1. The van der Waals surface area contributed by atoms with Gasteiger partial charge in [0.1, 0.15) is 5.60 Å². The van der Waals surface area contributed by atoms with Crippen LogP contribution in [0.2, 0.25) is 0 Å². The molecule has 1 aromatic carbocycles. The SMILES string of the molecule is CCOC(=O)C(NC(=O)OC(C)(C)C)C(=O)c1ccccc1. The number of carbonyl (C=O) groups is 3. The van der Waals surface area contributed by atoms with E-state index in [4.69, 9.17) is 9.47 Å². The topological polar surface area (TPSA) is 81.7 Å². The predicted octanol–water partition coefficient (Wildman–Crippen LogP) is 2.33. The van der Waals surface area contributed by atoms with E-state index in [0.717, 1.165) is 0 Å². The van der Waals surface area contributed by atoms with Crippen LogP contribution >= 0.6 is 0 Å². The van der Waals surface area contributed by atoms with E-state index in [2.05, 4.69) is 5.32 Å². The first-order valence-electron chi connectivity index (χ1n) is 7.00. The lowest BCUT2D eigenvalue weighted by atomic mass is 10.0. The lowest BCUT2D eigenvalue weighted by Gasteiger charge is -2.22. The molecule has 0 bridgehead atoms. The number of hydrogen-bond donors (Lipinski definition) is 1. The van der Waals surface area contributed by atoms with Crippen LogP contribution in [0, 0.1) is 0 Å². The van der Waals surface area contributed by atoms with Gasteiger partial charge in [-0.25, -0.2) is 9.59 Å². The molecule has 0 spiro atoms. The van der Waals surface area contributed by atoms with E-state index in [-0.39, 0.29) is 6.61 Å². The van der Waals surface area contributed by atoms with E-state index >= 15 is 0 Å². The van der Waals surface area contributed by atoms with E-state index in [1.807, 2.05) is 0 Å². The molecule has 0 fully saturated rings. The van der Waals surface area contributed by atoms with Crippen LogP contribution in [0.5, 0.6) is 0 Å². The van der Waals surface area contributed by atoms with Gasteiger partial charge >= 0.3 is 12.1 Å². The molecule has 0 aliphatic carbocycles. The van der Waals surface area contributed by atoms with E-state index in [1.54, 1.807) is 58.0 Å². The minimum Gasteiger partial charge on any atom is -0.464 e. The molecule has 0 aliphatic rings. The lowest BCUT2D eigenvalue weighted by Crippen LogP contribution is -2.49. The van der Waals surface area contributed by atoms with Crippen molar-refractivity contribution < 1.29 is 23.9 Å². The molecule has 1 N–H and O–H groups in total. The Kier molecular flexibility index (Phi) is 6.10. The van der Waals surface area contributed by atoms with Gasteiger partial charge in [0.25, 0.3) is 0 Å². The third-order valence-corrected chi connectivity index (χ3v) is 2.50. The Morgan fingerprint density at radius 2 is 1.73 bits per heavy atom. The zero-order valence-electron chi connectivity index (χ0n) is 13.2. The van der Waals surface area contributed by atoms with Crippen molar-refractivity contribution in [3.8, 4) is 0 Å². The van der Waals surface area contributed by atoms with Crippen molar-refractivity contribution in [2.24, 2.45) is 0 Å². The van der Waals surface area contributed by atoms with Crippen molar-refractivity contribution in [1.82, 2.24) is 5.32 Å². The molecular weight excluding hydrogens is 286 g/mol. The lowest BCUT2D eigenvalue weighted by molar-refractivity contribution is -0.144. The predicted molar refractivity (Wildman–Crippen MR) is 80.6 cm³/mol. The van der Waals surface area contributed by atoms with Crippen LogP contribution in [0.25, 0.3) is 0 Å². The maximum atomic E-state index is 12.4. The van der Waals surface area contributed by atoms with Gasteiger partial charge in [-0.1, -0.05) is 30.3 Å². The first-order chi connectivity index (χ1) is 10.2. The highest BCUT2D eigenvalue weighted by molar-refractivity contribution is 6.13. The maximum absolute atomic E-state index is 12.4. The third-order valence-electron chi connectivity index (χ3n) is 2.50. The van der Waals surface area contributed by atoms with Gasteiger partial charge in [0, 0.05) is 5.56 Å². The minimum absolute atomic E-state index is 0.105. The molecule has 22 heavy (non-hydrogen) atoms. The van der Waals surface area contributed by atoms with Gasteiger partial charge in [0.15, 0.2) is 11.8 Å². The summed E-state index contributed by atoms with van der Waals surface area (Å²) in [5.74, 6) is -1.37. The maximum Gasteiger partial charge on any atom is 0.408 e.